The maximum atomic E-state index is 11.5. The molecule has 0 radical (unpaired) electrons. The molecule has 0 aromatic heterocycles. The summed E-state index contributed by atoms with van der Waals surface area (Å²) in [5, 5.41) is 10.0. The number of rotatable bonds is 6. The number of benzene rings is 1. The number of aliphatic imine (C=N–C) groups is 1. The Hall–Kier alpha value is -1.75. The number of amides is 1. The van der Waals surface area contributed by atoms with E-state index in [1.54, 1.807) is 7.05 Å². The summed E-state index contributed by atoms with van der Waals surface area (Å²) in [5.41, 5.74) is 1.13. The molecular formula is C16H25ClN4O. The SMILES string of the molecule is CN=C(NCCNC(=O)C(C)C)NC(C)c1ccc(Cl)cc1. The quantitative estimate of drug-likeness (QED) is 0.427. The standard InChI is InChI=1S/C16H25ClN4O/c1-11(2)15(22)19-9-10-20-16(18-4)21-12(3)13-5-7-14(17)8-6-13/h5-8,11-12H,9-10H2,1-4H3,(H,19,22)(H2,18,20,21). The van der Waals surface area contributed by atoms with E-state index in [4.69, 9.17) is 11.6 Å². The normalized spacial score (nSPS) is 12.9. The number of hydrogen-bond acceptors (Lipinski definition) is 2. The molecule has 0 saturated carbocycles. The first kappa shape index (κ1) is 18.3. The van der Waals surface area contributed by atoms with Crippen LogP contribution in [0.5, 0.6) is 0 Å². The first-order chi connectivity index (χ1) is 10.4. The number of carbonyl (C=O) groups is 1. The summed E-state index contributed by atoms with van der Waals surface area (Å²) in [6.45, 7) is 6.98. The number of hydrogen-bond donors (Lipinski definition) is 3. The van der Waals surface area contributed by atoms with E-state index in [-0.39, 0.29) is 17.9 Å². The smallest absolute Gasteiger partial charge is 0.222 e. The van der Waals surface area contributed by atoms with Crippen LogP contribution in [-0.2, 0) is 4.79 Å². The van der Waals surface area contributed by atoms with Gasteiger partial charge in [-0.2, -0.15) is 0 Å². The fraction of sp³-hybridized carbons (Fsp3) is 0.500. The van der Waals surface area contributed by atoms with Gasteiger partial charge in [0, 0.05) is 31.1 Å². The predicted octanol–water partition coefficient (Wildman–Crippen LogP) is 2.34. The van der Waals surface area contributed by atoms with Crippen LogP contribution in [0.1, 0.15) is 32.4 Å². The lowest BCUT2D eigenvalue weighted by atomic mass is 10.1. The van der Waals surface area contributed by atoms with Crippen LogP contribution in [0, 0.1) is 5.92 Å². The van der Waals surface area contributed by atoms with Crippen LogP contribution >= 0.6 is 11.6 Å². The van der Waals surface area contributed by atoms with Gasteiger partial charge in [0.15, 0.2) is 5.96 Å². The summed E-state index contributed by atoms with van der Waals surface area (Å²) in [7, 11) is 1.72. The van der Waals surface area contributed by atoms with Gasteiger partial charge >= 0.3 is 0 Å². The van der Waals surface area contributed by atoms with Crippen LogP contribution in [0.4, 0.5) is 0 Å². The summed E-state index contributed by atoms with van der Waals surface area (Å²) in [5.74, 6) is 0.753. The van der Waals surface area contributed by atoms with E-state index in [1.807, 2.05) is 38.1 Å². The zero-order valence-electron chi connectivity index (χ0n) is 13.6. The van der Waals surface area contributed by atoms with Crippen molar-refractivity contribution in [2.24, 2.45) is 10.9 Å². The van der Waals surface area contributed by atoms with Gasteiger partial charge in [-0.3, -0.25) is 9.79 Å². The molecule has 0 heterocycles. The number of nitrogens with one attached hydrogen (secondary N) is 3. The minimum absolute atomic E-state index is 0.00219. The Morgan fingerprint density at radius 2 is 1.73 bits per heavy atom. The minimum atomic E-state index is 0.00219. The fourth-order valence-corrected chi connectivity index (χ4v) is 1.93. The molecule has 1 rings (SSSR count). The molecule has 0 saturated heterocycles. The Morgan fingerprint density at radius 3 is 2.27 bits per heavy atom. The summed E-state index contributed by atoms with van der Waals surface area (Å²) in [6, 6.07) is 7.81. The Morgan fingerprint density at radius 1 is 1.14 bits per heavy atom. The average molecular weight is 325 g/mol. The molecule has 1 amide bonds. The van der Waals surface area contributed by atoms with Gasteiger partial charge in [0.25, 0.3) is 0 Å². The summed E-state index contributed by atoms with van der Waals surface area (Å²) in [6.07, 6.45) is 0. The zero-order chi connectivity index (χ0) is 16.5. The lowest BCUT2D eigenvalue weighted by Gasteiger charge is -2.18. The summed E-state index contributed by atoms with van der Waals surface area (Å²) < 4.78 is 0. The molecule has 0 spiro atoms. The Labute approximate surface area is 137 Å². The molecular weight excluding hydrogens is 300 g/mol. The predicted molar refractivity (Wildman–Crippen MR) is 92.2 cm³/mol. The summed E-state index contributed by atoms with van der Waals surface area (Å²) in [4.78, 5) is 15.6. The third-order valence-electron chi connectivity index (χ3n) is 3.19. The highest BCUT2D eigenvalue weighted by Crippen LogP contribution is 2.15. The summed E-state index contributed by atoms with van der Waals surface area (Å²) >= 11 is 5.89. The van der Waals surface area contributed by atoms with Gasteiger partial charge in [0.1, 0.15) is 0 Å². The lowest BCUT2D eigenvalue weighted by molar-refractivity contribution is -0.123. The van der Waals surface area contributed by atoms with E-state index in [2.05, 4.69) is 27.9 Å². The zero-order valence-corrected chi connectivity index (χ0v) is 14.4. The van der Waals surface area contributed by atoms with E-state index < -0.39 is 0 Å². The molecule has 0 aliphatic rings. The van der Waals surface area contributed by atoms with Gasteiger partial charge in [-0.1, -0.05) is 37.6 Å². The molecule has 1 unspecified atom stereocenters. The maximum absolute atomic E-state index is 11.5. The first-order valence-corrected chi connectivity index (χ1v) is 7.82. The number of nitrogens with zero attached hydrogens (tertiary/aromatic N) is 1. The van der Waals surface area contributed by atoms with Crippen molar-refractivity contribution in [3.05, 3.63) is 34.9 Å². The second-order valence-electron chi connectivity index (χ2n) is 5.36. The van der Waals surface area contributed by atoms with Gasteiger partial charge in [0.2, 0.25) is 5.91 Å². The number of halogens is 1. The Kier molecular flexibility index (Phi) is 7.74. The average Bonchev–Trinajstić information content (AvgIpc) is 2.50. The molecule has 3 N–H and O–H groups in total. The van der Waals surface area contributed by atoms with E-state index in [1.165, 1.54) is 0 Å². The molecule has 0 fully saturated rings. The van der Waals surface area contributed by atoms with Crippen molar-refractivity contribution < 1.29 is 4.79 Å². The van der Waals surface area contributed by atoms with Crippen LogP contribution < -0.4 is 16.0 Å². The van der Waals surface area contributed by atoms with Crippen molar-refractivity contribution in [3.63, 3.8) is 0 Å². The molecule has 6 heteroatoms. The van der Waals surface area contributed by atoms with Crippen LogP contribution in [0.3, 0.4) is 0 Å². The fourth-order valence-electron chi connectivity index (χ4n) is 1.81. The van der Waals surface area contributed by atoms with Gasteiger partial charge in [-0.25, -0.2) is 0 Å². The van der Waals surface area contributed by atoms with Crippen molar-refractivity contribution in [3.8, 4) is 0 Å². The highest BCUT2D eigenvalue weighted by atomic mass is 35.5. The molecule has 1 aromatic rings. The van der Waals surface area contributed by atoms with Crippen LogP contribution in [0.2, 0.25) is 5.02 Å². The Bertz CT molecular complexity index is 499. The van der Waals surface area contributed by atoms with Crippen LogP contribution in [0.25, 0.3) is 0 Å². The van der Waals surface area contributed by atoms with E-state index in [9.17, 15) is 4.79 Å². The highest BCUT2D eigenvalue weighted by Gasteiger charge is 2.08. The van der Waals surface area contributed by atoms with Crippen molar-refractivity contribution in [2.45, 2.75) is 26.8 Å². The van der Waals surface area contributed by atoms with Gasteiger partial charge in [0.05, 0.1) is 6.04 Å². The first-order valence-electron chi connectivity index (χ1n) is 7.44. The third-order valence-corrected chi connectivity index (χ3v) is 3.44. The molecule has 0 aliphatic carbocycles. The Balaban J connectivity index is 2.39. The monoisotopic (exact) mass is 324 g/mol. The van der Waals surface area contributed by atoms with Crippen molar-refractivity contribution in [2.75, 3.05) is 20.1 Å². The third kappa shape index (κ3) is 6.35. The molecule has 1 aromatic carbocycles. The molecule has 22 heavy (non-hydrogen) atoms. The number of guanidine groups is 1. The van der Waals surface area contributed by atoms with Crippen LogP contribution in [-0.4, -0.2) is 32.0 Å². The van der Waals surface area contributed by atoms with Gasteiger partial charge < -0.3 is 16.0 Å². The van der Waals surface area contributed by atoms with Crippen molar-refractivity contribution in [1.29, 1.82) is 0 Å². The van der Waals surface area contributed by atoms with Crippen molar-refractivity contribution in [1.82, 2.24) is 16.0 Å². The topological polar surface area (TPSA) is 65.5 Å². The highest BCUT2D eigenvalue weighted by molar-refractivity contribution is 6.30. The van der Waals surface area contributed by atoms with E-state index in [0.29, 0.717) is 19.0 Å². The van der Waals surface area contributed by atoms with Crippen molar-refractivity contribution >= 4 is 23.5 Å². The van der Waals surface area contributed by atoms with Gasteiger partial charge in [-0.05, 0) is 24.6 Å². The maximum Gasteiger partial charge on any atom is 0.222 e. The van der Waals surface area contributed by atoms with E-state index in [0.717, 1.165) is 10.6 Å². The van der Waals surface area contributed by atoms with E-state index >= 15 is 0 Å². The second kappa shape index (κ2) is 9.30. The van der Waals surface area contributed by atoms with Crippen LogP contribution in [0.15, 0.2) is 29.3 Å². The molecule has 122 valence electrons. The second-order valence-corrected chi connectivity index (χ2v) is 5.80. The van der Waals surface area contributed by atoms with Gasteiger partial charge in [-0.15, -0.1) is 0 Å². The minimum Gasteiger partial charge on any atom is -0.355 e. The molecule has 5 nitrogen and oxygen atoms in total. The number of carbonyl (C=O) groups excluding carboxylic acids is 1. The largest absolute Gasteiger partial charge is 0.355 e. The molecule has 0 bridgehead atoms. The molecule has 1 atom stereocenters. The molecule has 0 aliphatic heterocycles. The lowest BCUT2D eigenvalue weighted by Crippen LogP contribution is -2.42.